The fourth-order valence-corrected chi connectivity index (χ4v) is 1.88. The SMILES string of the molecule is C/C=C(\C=C/CC1CC1)COc1ccc(NC)cc1. The molecule has 1 aromatic carbocycles. The highest BCUT2D eigenvalue weighted by Crippen LogP contribution is 2.32. The molecule has 0 amide bonds. The first-order valence-corrected chi connectivity index (χ1v) is 7.04. The Balaban J connectivity index is 1.79. The molecule has 1 aromatic rings. The summed E-state index contributed by atoms with van der Waals surface area (Å²) in [5, 5.41) is 3.10. The Bertz CT molecular complexity index is 441. The van der Waals surface area contributed by atoms with Crippen LogP contribution in [0.4, 0.5) is 5.69 Å². The number of nitrogens with one attached hydrogen (secondary N) is 1. The van der Waals surface area contributed by atoms with E-state index < -0.39 is 0 Å². The monoisotopic (exact) mass is 257 g/mol. The van der Waals surface area contributed by atoms with E-state index in [0.29, 0.717) is 6.61 Å². The highest BCUT2D eigenvalue weighted by molar-refractivity contribution is 5.45. The van der Waals surface area contributed by atoms with Crippen molar-refractivity contribution in [3.05, 3.63) is 48.1 Å². The van der Waals surface area contributed by atoms with Crippen LogP contribution in [0.5, 0.6) is 5.75 Å². The number of rotatable bonds is 7. The van der Waals surface area contributed by atoms with Crippen LogP contribution in [-0.4, -0.2) is 13.7 Å². The zero-order chi connectivity index (χ0) is 13.5. The number of hydrogen-bond acceptors (Lipinski definition) is 2. The molecule has 19 heavy (non-hydrogen) atoms. The molecule has 0 heterocycles. The first kappa shape index (κ1) is 13.7. The summed E-state index contributed by atoms with van der Waals surface area (Å²) in [7, 11) is 1.92. The van der Waals surface area contributed by atoms with E-state index in [1.165, 1.54) is 24.8 Å². The molecule has 2 nitrogen and oxygen atoms in total. The van der Waals surface area contributed by atoms with Gasteiger partial charge >= 0.3 is 0 Å². The van der Waals surface area contributed by atoms with Gasteiger partial charge in [0.25, 0.3) is 0 Å². The van der Waals surface area contributed by atoms with Crippen LogP contribution in [0, 0.1) is 5.92 Å². The van der Waals surface area contributed by atoms with Crippen molar-refractivity contribution in [1.82, 2.24) is 0 Å². The fourth-order valence-electron chi connectivity index (χ4n) is 1.88. The average molecular weight is 257 g/mol. The molecule has 1 saturated carbocycles. The van der Waals surface area contributed by atoms with Gasteiger partial charge in [-0.1, -0.05) is 18.2 Å². The molecule has 102 valence electrons. The van der Waals surface area contributed by atoms with Crippen molar-refractivity contribution in [3.63, 3.8) is 0 Å². The summed E-state index contributed by atoms with van der Waals surface area (Å²) in [6.45, 7) is 2.70. The molecular weight excluding hydrogens is 234 g/mol. The normalized spacial score (nSPS) is 15.8. The van der Waals surface area contributed by atoms with E-state index in [2.05, 4.69) is 30.5 Å². The first-order valence-electron chi connectivity index (χ1n) is 7.04. The zero-order valence-electron chi connectivity index (χ0n) is 11.9. The van der Waals surface area contributed by atoms with E-state index in [4.69, 9.17) is 4.74 Å². The molecule has 0 unspecified atom stereocenters. The largest absolute Gasteiger partial charge is 0.489 e. The Kier molecular flexibility index (Phi) is 5.08. The summed E-state index contributed by atoms with van der Waals surface area (Å²) in [5.74, 6) is 1.86. The molecule has 0 aliphatic heterocycles. The second-order valence-corrected chi connectivity index (χ2v) is 5.01. The predicted molar refractivity (Wildman–Crippen MR) is 81.7 cm³/mol. The van der Waals surface area contributed by atoms with Crippen molar-refractivity contribution in [2.75, 3.05) is 19.0 Å². The van der Waals surface area contributed by atoms with E-state index in [-0.39, 0.29) is 0 Å². The highest BCUT2D eigenvalue weighted by Gasteiger charge is 2.18. The zero-order valence-corrected chi connectivity index (χ0v) is 11.9. The quantitative estimate of drug-likeness (QED) is 0.730. The Morgan fingerprint density at radius 2 is 2.05 bits per heavy atom. The molecule has 0 bridgehead atoms. The van der Waals surface area contributed by atoms with Gasteiger partial charge in [0, 0.05) is 12.7 Å². The maximum absolute atomic E-state index is 5.78. The summed E-state index contributed by atoms with van der Waals surface area (Å²) in [6.07, 6.45) is 10.6. The van der Waals surface area contributed by atoms with Crippen molar-refractivity contribution >= 4 is 5.69 Å². The minimum Gasteiger partial charge on any atom is -0.489 e. The molecular formula is C17H23NO. The Labute approximate surface area is 116 Å². The van der Waals surface area contributed by atoms with Gasteiger partial charge in [-0.2, -0.15) is 0 Å². The van der Waals surface area contributed by atoms with Crippen LogP contribution >= 0.6 is 0 Å². The van der Waals surface area contributed by atoms with Gasteiger partial charge in [-0.15, -0.1) is 0 Å². The molecule has 1 fully saturated rings. The Hall–Kier alpha value is -1.70. The topological polar surface area (TPSA) is 21.3 Å². The van der Waals surface area contributed by atoms with Crippen molar-refractivity contribution < 1.29 is 4.74 Å². The van der Waals surface area contributed by atoms with Crippen LogP contribution in [0.2, 0.25) is 0 Å². The number of anilines is 1. The van der Waals surface area contributed by atoms with Gasteiger partial charge in [0.15, 0.2) is 0 Å². The molecule has 0 aromatic heterocycles. The van der Waals surface area contributed by atoms with E-state index >= 15 is 0 Å². The minimum absolute atomic E-state index is 0.635. The predicted octanol–water partition coefficient (Wildman–Crippen LogP) is 4.41. The molecule has 2 rings (SSSR count). The first-order chi connectivity index (χ1) is 9.31. The van der Waals surface area contributed by atoms with Gasteiger partial charge in [0.2, 0.25) is 0 Å². The van der Waals surface area contributed by atoms with Gasteiger partial charge < -0.3 is 10.1 Å². The van der Waals surface area contributed by atoms with Crippen LogP contribution in [0.15, 0.2) is 48.1 Å². The molecule has 0 spiro atoms. The van der Waals surface area contributed by atoms with Crippen molar-refractivity contribution in [1.29, 1.82) is 0 Å². The number of ether oxygens (including phenoxy) is 1. The van der Waals surface area contributed by atoms with Crippen molar-refractivity contribution in [2.45, 2.75) is 26.2 Å². The molecule has 1 N–H and O–H groups in total. The lowest BCUT2D eigenvalue weighted by Gasteiger charge is -2.07. The lowest BCUT2D eigenvalue weighted by atomic mass is 10.2. The minimum atomic E-state index is 0.635. The highest BCUT2D eigenvalue weighted by atomic mass is 16.5. The molecule has 1 aliphatic carbocycles. The smallest absolute Gasteiger partial charge is 0.119 e. The fraction of sp³-hybridized carbons (Fsp3) is 0.412. The van der Waals surface area contributed by atoms with Crippen molar-refractivity contribution in [3.8, 4) is 5.75 Å². The third kappa shape index (κ3) is 4.82. The summed E-state index contributed by atoms with van der Waals surface area (Å²) < 4.78 is 5.78. The van der Waals surface area contributed by atoms with E-state index in [9.17, 15) is 0 Å². The Morgan fingerprint density at radius 3 is 2.63 bits per heavy atom. The van der Waals surface area contributed by atoms with Crippen LogP contribution in [0.25, 0.3) is 0 Å². The summed E-state index contributed by atoms with van der Waals surface area (Å²) >= 11 is 0. The van der Waals surface area contributed by atoms with Crippen molar-refractivity contribution in [2.24, 2.45) is 5.92 Å². The summed E-state index contributed by atoms with van der Waals surface area (Å²) in [6, 6.07) is 8.03. The molecule has 0 atom stereocenters. The maximum Gasteiger partial charge on any atom is 0.119 e. The van der Waals surface area contributed by atoms with Crippen LogP contribution < -0.4 is 10.1 Å². The van der Waals surface area contributed by atoms with E-state index in [0.717, 1.165) is 17.4 Å². The average Bonchev–Trinajstić information content (AvgIpc) is 3.27. The lowest BCUT2D eigenvalue weighted by molar-refractivity contribution is 0.355. The number of allylic oxidation sites excluding steroid dienone is 2. The third-order valence-corrected chi connectivity index (χ3v) is 3.42. The maximum atomic E-state index is 5.78. The van der Waals surface area contributed by atoms with Gasteiger partial charge in [0.05, 0.1) is 0 Å². The van der Waals surface area contributed by atoms with Gasteiger partial charge in [-0.25, -0.2) is 0 Å². The molecule has 1 aliphatic rings. The van der Waals surface area contributed by atoms with Gasteiger partial charge in [-0.05, 0) is 61.9 Å². The molecule has 2 heteroatoms. The second kappa shape index (κ2) is 7.03. The van der Waals surface area contributed by atoms with Crippen LogP contribution in [0.3, 0.4) is 0 Å². The number of benzene rings is 1. The van der Waals surface area contributed by atoms with Crippen LogP contribution in [-0.2, 0) is 0 Å². The van der Waals surface area contributed by atoms with Crippen LogP contribution in [0.1, 0.15) is 26.2 Å². The summed E-state index contributed by atoms with van der Waals surface area (Å²) in [5.41, 5.74) is 2.33. The van der Waals surface area contributed by atoms with Gasteiger partial charge in [-0.3, -0.25) is 0 Å². The van der Waals surface area contributed by atoms with E-state index in [1.807, 2.05) is 31.3 Å². The van der Waals surface area contributed by atoms with Gasteiger partial charge in [0.1, 0.15) is 12.4 Å². The van der Waals surface area contributed by atoms with E-state index in [1.54, 1.807) is 0 Å². The molecule has 0 saturated heterocycles. The third-order valence-electron chi connectivity index (χ3n) is 3.42. The second-order valence-electron chi connectivity index (χ2n) is 5.01. The standard InChI is InChI=1S/C17H23NO/c1-3-14(5-4-6-15-7-8-15)13-19-17-11-9-16(18-2)10-12-17/h3-5,9-12,15,18H,6-8,13H2,1-2H3/b5-4-,14-3+. The number of hydrogen-bond donors (Lipinski definition) is 1. The Morgan fingerprint density at radius 1 is 1.32 bits per heavy atom. The summed E-state index contributed by atoms with van der Waals surface area (Å²) in [4.78, 5) is 0. The lowest BCUT2D eigenvalue weighted by Crippen LogP contribution is -1.99. The molecule has 0 radical (unpaired) electrons.